The maximum atomic E-state index is 11.9. The van der Waals surface area contributed by atoms with Crippen LogP contribution in [0.25, 0.3) is 0 Å². The van der Waals surface area contributed by atoms with E-state index in [1.165, 1.54) is 0 Å². The van der Waals surface area contributed by atoms with Crippen LogP contribution in [0, 0.1) is 0 Å². The van der Waals surface area contributed by atoms with Crippen LogP contribution >= 0.6 is 0 Å². The number of H-pyrrole nitrogens is 1. The highest BCUT2D eigenvalue weighted by Gasteiger charge is 2.07. The number of aromatic amines is 1. The lowest BCUT2D eigenvalue weighted by molar-refractivity contribution is 0.634. The van der Waals surface area contributed by atoms with Gasteiger partial charge in [-0.25, -0.2) is 9.48 Å². The number of aromatic nitrogens is 3. The summed E-state index contributed by atoms with van der Waals surface area (Å²) in [5.74, 6) is 0. The summed E-state index contributed by atoms with van der Waals surface area (Å²) in [6, 6.07) is 18.9. The van der Waals surface area contributed by atoms with E-state index in [0.717, 1.165) is 22.1 Å². The molecule has 0 saturated heterocycles. The van der Waals surface area contributed by atoms with Gasteiger partial charge in [0.2, 0.25) is 0 Å². The van der Waals surface area contributed by atoms with Crippen LogP contribution in [-0.2, 0) is 6.54 Å². The van der Waals surface area contributed by atoms with Crippen LogP contribution in [0.2, 0.25) is 0 Å². The first-order valence-electron chi connectivity index (χ1n) is 7.32. The number of nitrogens with zero attached hydrogens (tertiary/aromatic N) is 3. The number of hydrazone groups is 1. The molecule has 0 amide bonds. The number of rotatable bonds is 5. The molecule has 0 radical (unpaired) electrons. The fourth-order valence-electron chi connectivity index (χ4n) is 2.10. The van der Waals surface area contributed by atoms with E-state index in [1.54, 1.807) is 0 Å². The van der Waals surface area contributed by atoms with Crippen molar-refractivity contribution in [1.29, 1.82) is 0 Å². The molecule has 0 spiro atoms. The molecule has 0 saturated carbocycles. The maximum Gasteiger partial charge on any atom is 0.345 e. The summed E-state index contributed by atoms with van der Waals surface area (Å²) >= 11 is 0. The summed E-state index contributed by atoms with van der Waals surface area (Å²) in [5, 5.41) is 8.25. The second-order valence-electron chi connectivity index (χ2n) is 5.00. The van der Waals surface area contributed by atoms with Crippen LogP contribution in [0.4, 0.5) is 5.69 Å². The summed E-state index contributed by atoms with van der Waals surface area (Å²) in [6.45, 7) is 0.124. The minimum absolute atomic E-state index is 0.124. The average molecular weight is 321 g/mol. The van der Waals surface area contributed by atoms with Gasteiger partial charge in [0.25, 0.3) is 5.56 Å². The first kappa shape index (κ1) is 15.4. The van der Waals surface area contributed by atoms with Crippen LogP contribution in [-0.4, -0.2) is 20.5 Å². The number of anilines is 1. The van der Waals surface area contributed by atoms with Crippen LogP contribution in [0.5, 0.6) is 0 Å². The predicted molar refractivity (Wildman–Crippen MR) is 92.2 cm³/mol. The van der Waals surface area contributed by atoms with Crippen molar-refractivity contribution in [3.63, 3.8) is 0 Å². The number of nitrogens with one attached hydrogen (secondary N) is 2. The van der Waals surface area contributed by atoms with Gasteiger partial charge in [-0.2, -0.15) is 10.2 Å². The fraction of sp³-hybridized carbons (Fsp3) is 0.0588. The van der Waals surface area contributed by atoms with Crippen molar-refractivity contribution in [2.75, 3.05) is 5.43 Å². The number of hydrogen-bond acceptors (Lipinski definition) is 5. The maximum absolute atomic E-state index is 11.9. The molecule has 0 aliphatic rings. The van der Waals surface area contributed by atoms with Gasteiger partial charge in [-0.3, -0.25) is 15.2 Å². The molecule has 24 heavy (non-hydrogen) atoms. The molecule has 0 atom stereocenters. The molecule has 7 heteroatoms. The zero-order chi connectivity index (χ0) is 16.8. The molecule has 0 aliphatic carbocycles. The van der Waals surface area contributed by atoms with E-state index in [2.05, 4.69) is 20.6 Å². The minimum atomic E-state index is -0.578. The smallest absolute Gasteiger partial charge is 0.278 e. The first-order valence-corrected chi connectivity index (χ1v) is 7.32. The topological polar surface area (TPSA) is 92.1 Å². The molecule has 3 aromatic rings. The summed E-state index contributed by atoms with van der Waals surface area (Å²) < 4.78 is 1.15. The zero-order valence-electron chi connectivity index (χ0n) is 12.7. The minimum Gasteiger partial charge on any atom is -0.278 e. The molecular formula is C17H15N5O2. The molecule has 0 unspecified atom stereocenters. The Morgan fingerprint density at radius 2 is 1.71 bits per heavy atom. The van der Waals surface area contributed by atoms with Crippen molar-refractivity contribution in [3.05, 3.63) is 93.3 Å². The molecule has 0 aliphatic heterocycles. The summed E-state index contributed by atoms with van der Waals surface area (Å²) in [4.78, 5) is 25.2. The molecule has 0 bridgehead atoms. The summed E-state index contributed by atoms with van der Waals surface area (Å²) in [6.07, 6.45) is 1.06. The van der Waals surface area contributed by atoms with Crippen molar-refractivity contribution in [2.24, 2.45) is 5.10 Å². The predicted octanol–water partition coefficient (Wildman–Crippen LogP) is 1.45. The Kier molecular flexibility index (Phi) is 4.62. The lowest BCUT2D eigenvalue weighted by Crippen LogP contribution is -2.34. The Morgan fingerprint density at radius 3 is 2.38 bits per heavy atom. The molecule has 1 aromatic heterocycles. The molecule has 2 aromatic carbocycles. The van der Waals surface area contributed by atoms with Gasteiger partial charge in [-0.05, 0) is 17.7 Å². The molecule has 3 rings (SSSR count). The van der Waals surface area contributed by atoms with Gasteiger partial charge in [-0.1, -0.05) is 48.5 Å². The van der Waals surface area contributed by atoms with Crippen LogP contribution in [0.3, 0.4) is 0 Å². The fourth-order valence-corrected chi connectivity index (χ4v) is 2.10. The number of hydrogen-bond donors (Lipinski definition) is 2. The van der Waals surface area contributed by atoms with Gasteiger partial charge < -0.3 is 0 Å². The van der Waals surface area contributed by atoms with Gasteiger partial charge in [0.05, 0.1) is 17.9 Å². The van der Waals surface area contributed by atoms with Crippen molar-refractivity contribution < 1.29 is 0 Å². The largest absolute Gasteiger partial charge is 0.345 e. The molecule has 120 valence electrons. The van der Waals surface area contributed by atoms with Crippen molar-refractivity contribution in [2.45, 2.75) is 6.54 Å². The Hall–Kier alpha value is -3.48. The van der Waals surface area contributed by atoms with E-state index in [1.807, 2.05) is 60.7 Å². The van der Waals surface area contributed by atoms with Gasteiger partial charge >= 0.3 is 5.69 Å². The van der Waals surface area contributed by atoms with E-state index < -0.39 is 11.2 Å². The molecule has 0 fully saturated rings. The molecular weight excluding hydrogens is 306 g/mol. The SMILES string of the molecule is O=c1cnn(C/C(=N/Nc2ccccc2)c2ccccc2)c(=O)[nH]1. The van der Waals surface area contributed by atoms with Gasteiger partial charge in [-0.15, -0.1) is 0 Å². The van der Waals surface area contributed by atoms with E-state index in [9.17, 15) is 9.59 Å². The first-order chi connectivity index (χ1) is 11.7. The third kappa shape index (κ3) is 3.83. The Balaban J connectivity index is 1.93. The lowest BCUT2D eigenvalue weighted by atomic mass is 10.1. The van der Waals surface area contributed by atoms with E-state index >= 15 is 0 Å². The normalized spacial score (nSPS) is 11.2. The highest BCUT2D eigenvalue weighted by Crippen LogP contribution is 2.07. The highest BCUT2D eigenvalue weighted by atomic mass is 16.2. The summed E-state index contributed by atoms with van der Waals surface area (Å²) in [5.41, 5.74) is 4.15. The van der Waals surface area contributed by atoms with E-state index in [-0.39, 0.29) is 6.54 Å². The van der Waals surface area contributed by atoms with Gasteiger partial charge in [0.1, 0.15) is 6.20 Å². The molecule has 2 N–H and O–H groups in total. The third-order valence-electron chi connectivity index (χ3n) is 3.28. The van der Waals surface area contributed by atoms with Crippen LogP contribution in [0.1, 0.15) is 5.56 Å². The Labute approximate surface area is 137 Å². The van der Waals surface area contributed by atoms with Crippen molar-refractivity contribution >= 4 is 11.4 Å². The van der Waals surface area contributed by atoms with E-state index in [4.69, 9.17) is 0 Å². The third-order valence-corrected chi connectivity index (χ3v) is 3.28. The number of benzene rings is 2. The molecule has 1 heterocycles. The quantitative estimate of drug-likeness (QED) is 0.549. The van der Waals surface area contributed by atoms with Crippen molar-refractivity contribution in [3.8, 4) is 0 Å². The monoisotopic (exact) mass is 321 g/mol. The summed E-state index contributed by atoms with van der Waals surface area (Å²) in [7, 11) is 0. The molecule has 7 nitrogen and oxygen atoms in total. The van der Waals surface area contributed by atoms with Gasteiger partial charge in [0, 0.05) is 0 Å². The second kappa shape index (κ2) is 7.19. The van der Waals surface area contributed by atoms with Crippen LogP contribution in [0.15, 0.2) is 81.6 Å². The zero-order valence-corrected chi connectivity index (χ0v) is 12.7. The number of para-hydroxylation sites is 1. The van der Waals surface area contributed by atoms with E-state index in [0.29, 0.717) is 5.71 Å². The Morgan fingerprint density at radius 1 is 1.04 bits per heavy atom. The van der Waals surface area contributed by atoms with Crippen LogP contribution < -0.4 is 16.7 Å². The van der Waals surface area contributed by atoms with Gasteiger partial charge in [0.15, 0.2) is 0 Å². The average Bonchev–Trinajstić information content (AvgIpc) is 2.62. The lowest BCUT2D eigenvalue weighted by Gasteiger charge is -2.09. The second-order valence-corrected chi connectivity index (χ2v) is 5.00. The standard InChI is InChI=1S/C17H15N5O2/c23-16-11-18-22(17(24)19-16)12-15(13-7-3-1-4-8-13)21-20-14-9-5-2-6-10-14/h1-11,20H,12H2,(H,19,23,24)/b21-15-. The Bertz CT molecular complexity index is 946. The highest BCUT2D eigenvalue weighted by molar-refractivity contribution is 6.00. The van der Waals surface area contributed by atoms with Crippen molar-refractivity contribution in [1.82, 2.24) is 14.8 Å².